The average molecular weight is 737 g/mol. The largest absolute Gasteiger partial charge is 0.505 e. The van der Waals surface area contributed by atoms with Crippen LogP contribution in [0.1, 0.15) is 55.1 Å². The highest BCUT2D eigenvalue weighted by Crippen LogP contribution is 2.22. The number of aliphatic hydroxyl groups excluding tert-OH is 3. The Balaban J connectivity index is 1.08. The maximum absolute atomic E-state index is 13.1. The Kier molecular flexibility index (Phi) is 11.0. The van der Waals surface area contributed by atoms with E-state index in [1.165, 1.54) is 44.4 Å². The number of ether oxygens (including phenoxy) is 2. The van der Waals surface area contributed by atoms with Gasteiger partial charge in [-0.25, -0.2) is 14.8 Å². The molecule has 1 aliphatic rings. The van der Waals surface area contributed by atoms with E-state index < -0.39 is 65.9 Å². The lowest BCUT2D eigenvalue weighted by Gasteiger charge is -2.17. The monoisotopic (exact) mass is 736 g/mol. The summed E-state index contributed by atoms with van der Waals surface area (Å²) in [5.74, 6) is -5.70. The second-order valence-electron chi connectivity index (χ2n) is 11.9. The van der Waals surface area contributed by atoms with Crippen molar-refractivity contribution in [3.63, 3.8) is 0 Å². The summed E-state index contributed by atoms with van der Waals surface area (Å²) in [5, 5.41) is 39.5. The quantitative estimate of drug-likeness (QED) is 0.0677. The molecule has 4 amide bonds. The topological polar surface area (TPSA) is 275 Å². The lowest BCUT2D eigenvalue weighted by molar-refractivity contribution is -0.154. The van der Waals surface area contributed by atoms with Gasteiger partial charge in [0.2, 0.25) is 11.6 Å². The number of esters is 2. The van der Waals surface area contributed by atoms with E-state index in [0.717, 1.165) is 0 Å². The zero-order valence-electron chi connectivity index (χ0n) is 28.8. The van der Waals surface area contributed by atoms with Crippen LogP contribution in [0.15, 0.2) is 54.6 Å². The van der Waals surface area contributed by atoms with Crippen molar-refractivity contribution in [3.05, 3.63) is 77.7 Å². The van der Waals surface area contributed by atoms with E-state index in [0.29, 0.717) is 5.69 Å². The average Bonchev–Trinajstić information content (AvgIpc) is 3.92. The summed E-state index contributed by atoms with van der Waals surface area (Å²) >= 11 is 0. The molecule has 0 fully saturated rings. The lowest BCUT2D eigenvalue weighted by Crippen LogP contribution is -2.33. The molecule has 0 spiro atoms. The third-order valence-corrected chi connectivity index (χ3v) is 7.88. The minimum Gasteiger partial charge on any atom is -0.505 e. The summed E-state index contributed by atoms with van der Waals surface area (Å²) in [5.41, 5.74) is 1.05. The molecule has 0 aromatic carbocycles. The number of amides is 4. The number of hydrogen-bond acceptors (Lipinski definition) is 13. The third-order valence-electron chi connectivity index (χ3n) is 7.88. The van der Waals surface area contributed by atoms with Gasteiger partial charge in [-0.05, 0) is 18.6 Å². The highest BCUT2D eigenvalue weighted by molar-refractivity contribution is 6.07. The van der Waals surface area contributed by atoms with E-state index in [4.69, 9.17) is 4.74 Å². The number of aromatic nitrogens is 6. The number of imidazole rings is 2. The van der Waals surface area contributed by atoms with Gasteiger partial charge in [-0.2, -0.15) is 0 Å². The van der Waals surface area contributed by atoms with Crippen LogP contribution in [0.25, 0.3) is 0 Å². The number of nitrogens with zero attached hydrogens (tertiary/aromatic N) is 6. The molecule has 2 unspecified atom stereocenters. The van der Waals surface area contributed by atoms with E-state index in [2.05, 4.69) is 36.0 Å². The minimum absolute atomic E-state index is 0.0415. The highest BCUT2D eigenvalue weighted by atomic mass is 16.6. The predicted molar refractivity (Wildman–Crippen MR) is 182 cm³/mol. The fourth-order valence-corrected chi connectivity index (χ4v) is 5.18. The van der Waals surface area contributed by atoms with Crippen molar-refractivity contribution in [1.82, 2.24) is 33.6 Å². The smallest absolute Gasteiger partial charge is 0.377 e. The summed E-state index contributed by atoms with van der Waals surface area (Å²) in [6.07, 6.45) is 4.52. The fourth-order valence-electron chi connectivity index (χ4n) is 5.18. The van der Waals surface area contributed by atoms with Crippen molar-refractivity contribution in [2.45, 2.75) is 25.0 Å². The molecule has 7 N–H and O–H groups in total. The number of cyclic esters (lactones) is 1. The zero-order valence-corrected chi connectivity index (χ0v) is 28.8. The van der Waals surface area contributed by atoms with Gasteiger partial charge in [0.05, 0.1) is 11.4 Å². The van der Waals surface area contributed by atoms with Crippen LogP contribution in [0, 0.1) is 0 Å². The first kappa shape index (κ1) is 37.4. The number of carbonyl (C=O) groups excluding carboxylic acids is 6. The molecule has 0 aliphatic carbocycles. The van der Waals surface area contributed by atoms with Crippen molar-refractivity contribution >= 4 is 52.8 Å². The van der Waals surface area contributed by atoms with Gasteiger partial charge in [0, 0.05) is 72.1 Å². The van der Waals surface area contributed by atoms with Gasteiger partial charge < -0.3 is 64.3 Å². The Hall–Kier alpha value is -6.90. The second kappa shape index (κ2) is 15.6. The van der Waals surface area contributed by atoms with E-state index >= 15 is 0 Å². The van der Waals surface area contributed by atoms with Crippen molar-refractivity contribution in [3.8, 4) is 0 Å². The minimum atomic E-state index is -1.60. The molecular formula is C32H36N10O11. The SMILES string of the molecule is Cn1cc(NC(=O)c2nc(NC(=O)c3cc(NC(=O)c4nccn4C)cn3C)cn2C)cc1C(=O)NCCCC(=O)OCC(O)C1OC(=O)C(O)=C1O. The molecule has 1 aliphatic heterocycles. The summed E-state index contributed by atoms with van der Waals surface area (Å²) in [6, 6.07) is 2.92. The van der Waals surface area contributed by atoms with Crippen LogP contribution in [-0.4, -0.2) is 104 Å². The first-order chi connectivity index (χ1) is 25.1. The first-order valence-electron chi connectivity index (χ1n) is 15.8. The lowest BCUT2D eigenvalue weighted by atomic mass is 10.2. The van der Waals surface area contributed by atoms with Crippen molar-refractivity contribution in [2.75, 3.05) is 29.1 Å². The molecule has 0 bridgehead atoms. The van der Waals surface area contributed by atoms with Crippen LogP contribution >= 0.6 is 0 Å². The summed E-state index contributed by atoms with van der Waals surface area (Å²) < 4.78 is 15.5. The molecule has 53 heavy (non-hydrogen) atoms. The van der Waals surface area contributed by atoms with E-state index in [1.54, 1.807) is 45.2 Å². The Morgan fingerprint density at radius 2 is 1.47 bits per heavy atom. The van der Waals surface area contributed by atoms with Crippen LogP contribution in [0.4, 0.5) is 17.2 Å². The van der Waals surface area contributed by atoms with Gasteiger partial charge in [0.1, 0.15) is 24.1 Å². The summed E-state index contributed by atoms with van der Waals surface area (Å²) in [6.45, 7) is -0.538. The number of aryl methyl sites for hydroxylation is 4. The molecular weight excluding hydrogens is 700 g/mol. The Morgan fingerprint density at radius 1 is 0.849 bits per heavy atom. The predicted octanol–water partition coefficient (Wildman–Crippen LogP) is 0.255. The highest BCUT2D eigenvalue weighted by Gasteiger charge is 2.39. The first-order valence-corrected chi connectivity index (χ1v) is 15.8. The van der Waals surface area contributed by atoms with Gasteiger partial charge in [-0.15, -0.1) is 0 Å². The zero-order chi connectivity index (χ0) is 38.6. The molecule has 0 radical (unpaired) electrons. The van der Waals surface area contributed by atoms with Crippen molar-refractivity contribution < 1.29 is 53.6 Å². The Labute approximate surface area is 299 Å². The van der Waals surface area contributed by atoms with E-state index in [-0.39, 0.29) is 53.9 Å². The van der Waals surface area contributed by atoms with E-state index in [9.17, 15) is 44.1 Å². The van der Waals surface area contributed by atoms with Gasteiger partial charge >= 0.3 is 11.9 Å². The molecule has 280 valence electrons. The molecule has 5 heterocycles. The maximum Gasteiger partial charge on any atom is 0.377 e. The van der Waals surface area contributed by atoms with Gasteiger partial charge in [-0.3, -0.25) is 24.0 Å². The molecule has 2 atom stereocenters. The van der Waals surface area contributed by atoms with Crippen molar-refractivity contribution in [1.29, 1.82) is 0 Å². The second-order valence-corrected chi connectivity index (χ2v) is 11.9. The van der Waals surface area contributed by atoms with E-state index in [1.807, 2.05) is 0 Å². The summed E-state index contributed by atoms with van der Waals surface area (Å²) in [4.78, 5) is 82.9. The van der Waals surface area contributed by atoms with Crippen LogP contribution in [0.5, 0.6) is 0 Å². The van der Waals surface area contributed by atoms with Gasteiger partial charge in [0.25, 0.3) is 23.6 Å². The Bertz CT molecular complexity index is 2120. The van der Waals surface area contributed by atoms with Gasteiger partial charge in [-0.1, -0.05) is 0 Å². The Morgan fingerprint density at radius 3 is 2.06 bits per heavy atom. The van der Waals surface area contributed by atoms with Crippen molar-refractivity contribution in [2.24, 2.45) is 28.2 Å². The number of hydrogen-bond donors (Lipinski definition) is 7. The normalized spacial score (nSPS) is 14.4. The molecule has 4 aromatic rings. The molecule has 0 saturated heterocycles. The molecule has 4 aromatic heterocycles. The van der Waals surface area contributed by atoms with Crippen LogP contribution in [0.2, 0.25) is 0 Å². The molecule has 0 saturated carbocycles. The fraction of sp³-hybridized carbons (Fsp3) is 0.312. The summed E-state index contributed by atoms with van der Waals surface area (Å²) in [7, 11) is 6.46. The number of aliphatic hydroxyl groups is 3. The third kappa shape index (κ3) is 8.53. The standard InChI is InChI=1S/C32H36N10O11/c1-39-9-8-33-26(39)30(49)35-17-11-19(41(3)13-17)29(48)38-21-14-42(4)27(37-21)31(50)36-16-10-18(40(2)12-16)28(47)34-7-5-6-22(44)52-15-20(43)25-23(45)24(46)32(51)53-25/h8-14,20,25,43,45-46H,5-7,15H2,1-4H3,(H,34,47)(H,35,49)(H,36,50)(H,38,48). The number of carbonyl (C=O) groups is 6. The number of anilines is 3. The van der Waals surface area contributed by atoms with Crippen LogP contribution in [0.3, 0.4) is 0 Å². The van der Waals surface area contributed by atoms with Crippen LogP contribution in [-0.2, 0) is 47.3 Å². The number of rotatable bonds is 14. The maximum atomic E-state index is 13.1. The van der Waals surface area contributed by atoms with Gasteiger partial charge in [0.15, 0.2) is 23.5 Å². The molecule has 21 heteroatoms. The number of nitrogens with one attached hydrogen (secondary N) is 4. The molecule has 21 nitrogen and oxygen atoms in total. The van der Waals surface area contributed by atoms with Crippen LogP contribution < -0.4 is 21.3 Å². The molecule has 5 rings (SSSR count).